The van der Waals surface area contributed by atoms with Crippen LogP contribution in [0.3, 0.4) is 0 Å². The van der Waals surface area contributed by atoms with E-state index < -0.39 is 0 Å². The first-order chi connectivity index (χ1) is 4.10. The summed E-state index contributed by atoms with van der Waals surface area (Å²) in [7, 11) is 0.240. The summed E-state index contributed by atoms with van der Waals surface area (Å²) < 4.78 is 3.47. The van der Waals surface area contributed by atoms with Gasteiger partial charge in [-0.25, -0.2) is 0 Å². The zero-order valence-electron chi connectivity index (χ0n) is 6.24. The van der Waals surface area contributed by atoms with Crippen LogP contribution in [0, 0.1) is 0 Å². The largest absolute Gasteiger partial charge is 0.264 e. The summed E-state index contributed by atoms with van der Waals surface area (Å²) in [5.41, 5.74) is 0.350. The van der Waals surface area contributed by atoms with E-state index in [2.05, 4.69) is 24.4 Å². The lowest BCUT2D eigenvalue weighted by Gasteiger charge is -2.32. The van der Waals surface area contributed by atoms with Gasteiger partial charge in [0.2, 0.25) is 0 Å². The normalized spacial score (nSPS) is 34.2. The molecule has 1 unspecified atom stereocenters. The fraction of sp³-hybridized carbons (Fsp3) is 0.857. The van der Waals surface area contributed by atoms with E-state index in [4.69, 9.17) is 0 Å². The van der Waals surface area contributed by atoms with Crippen LogP contribution < -0.4 is 4.72 Å². The quantitative estimate of drug-likeness (QED) is 0.512. The lowest BCUT2D eigenvalue weighted by molar-refractivity contribution is 0.425. The Morgan fingerprint density at radius 2 is 2.22 bits per heavy atom. The molecule has 0 radical (unpaired) electrons. The van der Waals surface area contributed by atoms with Gasteiger partial charge in [-0.05, 0) is 26.7 Å². The van der Waals surface area contributed by atoms with E-state index in [0.29, 0.717) is 5.54 Å². The van der Waals surface area contributed by atoms with Gasteiger partial charge < -0.3 is 0 Å². The summed E-state index contributed by atoms with van der Waals surface area (Å²) in [5, 5.41) is 0. The summed E-state index contributed by atoms with van der Waals surface area (Å²) in [4.78, 5) is 0. The van der Waals surface area contributed by atoms with Gasteiger partial charge in [0.1, 0.15) is 0 Å². The Labute approximate surface area is 59.9 Å². The van der Waals surface area contributed by atoms with Crippen molar-refractivity contribution in [3.05, 3.63) is 0 Å². The molecule has 0 saturated carbocycles. The molecule has 54 valence electrons. The Morgan fingerprint density at radius 3 is 2.56 bits per heavy atom. The van der Waals surface area contributed by atoms with Crippen molar-refractivity contribution in [2.75, 3.05) is 5.75 Å². The van der Waals surface area contributed by atoms with E-state index in [1.807, 2.05) is 0 Å². The van der Waals surface area contributed by atoms with Crippen LogP contribution in [0.15, 0.2) is 0 Å². The molecule has 0 aliphatic carbocycles. The van der Waals surface area contributed by atoms with Crippen molar-refractivity contribution in [2.45, 2.75) is 32.2 Å². The van der Waals surface area contributed by atoms with Gasteiger partial charge in [-0.2, -0.15) is 0 Å². The van der Waals surface area contributed by atoms with E-state index in [1.54, 1.807) is 0 Å². The zero-order valence-corrected chi connectivity index (χ0v) is 7.05. The molecule has 1 fully saturated rings. The molecule has 1 heterocycles. The molecule has 0 aromatic carbocycles. The van der Waals surface area contributed by atoms with Crippen molar-refractivity contribution in [1.29, 1.82) is 0 Å². The fourth-order valence-corrected chi connectivity index (χ4v) is 2.66. The van der Waals surface area contributed by atoms with E-state index in [9.17, 15) is 0 Å². The van der Waals surface area contributed by atoms with Gasteiger partial charge in [0.05, 0.1) is 0 Å². The van der Waals surface area contributed by atoms with E-state index in [1.165, 1.54) is 18.6 Å². The molecule has 1 N–H and O–H groups in total. The maximum absolute atomic E-state index is 4.01. The first-order valence-electron chi connectivity index (χ1n) is 3.39. The number of hydrogen-bond donors (Lipinski definition) is 1. The van der Waals surface area contributed by atoms with Crippen LogP contribution in [0.25, 0.3) is 0 Å². The summed E-state index contributed by atoms with van der Waals surface area (Å²) in [5.74, 6) is 5.28. The van der Waals surface area contributed by atoms with Crippen molar-refractivity contribution < 1.29 is 0 Å². The zero-order chi connectivity index (χ0) is 6.91. The molecule has 1 aliphatic rings. The molecule has 1 rings (SSSR count). The van der Waals surface area contributed by atoms with Gasteiger partial charge >= 0.3 is 0 Å². The third-order valence-electron chi connectivity index (χ3n) is 1.61. The lowest BCUT2D eigenvalue weighted by Crippen LogP contribution is -2.39. The molecule has 1 saturated heterocycles. The van der Waals surface area contributed by atoms with Crippen LogP contribution in [-0.2, 0) is 0 Å². The average molecular weight is 145 g/mol. The van der Waals surface area contributed by atoms with Crippen molar-refractivity contribution >= 4 is 16.5 Å². The van der Waals surface area contributed by atoms with E-state index in [0.717, 1.165) is 0 Å². The summed E-state index contributed by atoms with van der Waals surface area (Å²) in [6.07, 6.45) is 2.64. The standard InChI is InChI=1S/C7H15NS/c1-7(2)5-4-6-9(3)8-7/h8H,3-6H2,1-2H3. The average Bonchev–Trinajstić information content (AvgIpc) is 1.60. The molecule has 0 aromatic heterocycles. The summed E-state index contributed by atoms with van der Waals surface area (Å²) in [6.45, 7) is 4.49. The number of nitrogens with one attached hydrogen (secondary N) is 1. The highest BCUT2D eigenvalue weighted by atomic mass is 32.2. The maximum Gasteiger partial charge on any atom is 0.0222 e. The second-order valence-corrected chi connectivity index (χ2v) is 4.88. The van der Waals surface area contributed by atoms with Crippen molar-refractivity contribution in [2.24, 2.45) is 0 Å². The molecule has 0 bridgehead atoms. The van der Waals surface area contributed by atoms with Gasteiger partial charge in [-0.1, -0.05) is 5.87 Å². The SMILES string of the molecule is C=S1CCCC(C)(C)N1. The number of rotatable bonds is 0. The highest BCUT2D eigenvalue weighted by Gasteiger charge is 2.20. The van der Waals surface area contributed by atoms with E-state index in [-0.39, 0.29) is 10.7 Å². The first-order valence-corrected chi connectivity index (χ1v) is 4.95. The topological polar surface area (TPSA) is 12.0 Å². The molecule has 1 atom stereocenters. The van der Waals surface area contributed by atoms with Crippen molar-refractivity contribution in [1.82, 2.24) is 4.72 Å². The van der Waals surface area contributed by atoms with Crippen molar-refractivity contribution in [3.63, 3.8) is 0 Å². The predicted octanol–water partition coefficient (Wildman–Crippen LogP) is 1.76. The Bertz CT molecular complexity index is 129. The van der Waals surface area contributed by atoms with Gasteiger partial charge in [0, 0.05) is 11.3 Å². The highest BCUT2D eigenvalue weighted by Crippen LogP contribution is 2.25. The molecular formula is C7H15NS. The molecule has 2 heteroatoms. The molecule has 1 aliphatic heterocycles. The van der Waals surface area contributed by atoms with Crippen LogP contribution in [0.4, 0.5) is 0 Å². The molecule has 0 amide bonds. The lowest BCUT2D eigenvalue weighted by atomic mass is 10.0. The molecule has 9 heavy (non-hydrogen) atoms. The van der Waals surface area contributed by atoms with Gasteiger partial charge in [-0.3, -0.25) is 4.72 Å². The second kappa shape index (κ2) is 2.43. The third kappa shape index (κ3) is 2.11. The van der Waals surface area contributed by atoms with Gasteiger partial charge in [0.15, 0.2) is 0 Å². The first kappa shape index (κ1) is 7.29. The Morgan fingerprint density at radius 1 is 1.56 bits per heavy atom. The van der Waals surface area contributed by atoms with Gasteiger partial charge in [-0.15, -0.1) is 10.7 Å². The smallest absolute Gasteiger partial charge is 0.0222 e. The molecule has 0 spiro atoms. The Hall–Kier alpha value is 0.180. The fourth-order valence-electron chi connectivity index (χ4n) is 1.18. The molecule has 1 nitrogen and oxygen atoms in total. The van der Waals surface area contributed by atoms with Crippen LogP contribution in [0.1, 0.15) is 26.7 Å². The Balaban J connectivity index is 2.51. The number of hydrogen-bond acceptors (Lipinski definition) is 1. The highest BCUT2D eigenvalue weighted by molar-refractivity contribution is 8.12. The maximum atomic E-state index is 4.01. The second-order valence-electron chi connectivity index (χ2n) is 3.29. The van der Waals surface area contributed by atoms with Gasteiger partial charge in [0.25, 0.3) is 0 Å². The molecular weight excluding hydrogens is 130 g/mol. The minimum Gasteiger partial charge on any atom is -0.264 e. The molecule has 0 aromatic rings. The minimum absolute atomic E-state index is 0.240. The van der Waals surface area contributed by atoms with E-state index >= 15 is 0 Å². The summed E-state index contributed by atoms with van der Waals surface area (Å²) in [6, 6.07) is 0. The monoisotopic (exact) mass is 145 g/mol. The third-order valence-corrected chi connectivity index (χ3v) is 3.24. The van der Waals surface area contributed by atoms with Crippen LogP contribution in [0.5, 0.6) is 0 Å². The van der Waals surface area contributed by atoms with Crippen molar-refractivity contribution in [3.8, 4) is 0 Å². The predicted molar refractivity (Wildman–Crippen MR) is 46.0 cm³/mol. The Kier molecular flexibility index (Phi) is 1.97. The minimum atomic E-state index is 0.240. The van der Waals surface area contributed by atoms with Crippen LogP contribution in [-0.4, -0.2) is 17.2 Å². The van der Waals surface area contributed by atoms with Crippen LogP contribution >= 0.6 is 10.7 Å². The summed E-state index contributed by atoms with van der Waals surface area (Å²) >= 11 is 0. The van der Waals surface area contributed by atoms with Crippen LogP contribution in [0.2, 0.25) is 0 Å².